The zero-order valence-electron chi connectivity index (χ0n) is 6.64. The predicted molar refractivity (Wildman–Crippen MR) is 52.1 cm³/mol. The van der Waals surface area contributed by atoms with Gasteiger partial charge in [-0.25, -0.2) is 0 Å². The Balaban J connectivity index is 2.71. The molecule has 1 heterocycles. The molecule has 13 heavy (non-hydrogen) atoms. The monoisotopic (exact) mass is 193 g/mol. The quantitative estimate of drug-likeness (QED) is 0.311. The van der Waals surface area contributed by atoms with Gasteiger partial charge in [-0.1, -0.05) is 23.4 Å². The van der Waals surface area contributed by atoms with Gasteiger partial charge in [0, 0.05) is 5.39 Å². The number of hydrogen-bond donors (Lipinski definition) is 2. The molecule has 3 N–H and O–H groups in total. The lowest BCUT2D eigenvalue weighted by Gasteiger charge is -1.92. The summed E-state index contributed by atoms with van der Waals surface area (Å²) < 4.78 is 4.16. The van der Waals surface area contributed by atoms with Gasteiger partial charge in [-0.15, -0.1) is 0 Å². The van der Waals surface area contributed by atoms with Crippen LogP contribution in [0.15, 0.2) is 29.4 Å². The minimum Gasteiger partial charge on any atom is -0.409 e. The summed E-state index contributed by atoms with van der Waals surface area (Å²) in [6, 6.07) is 7.58. The van der Waals surface area contributed by atoms with Crippen LogP contribution in [0.3, 0.4) is 0 Å². The van der Waals surface area contributed by atoms with Crippen LogP contribution in [0.4, 0.5) is 0 Å². The fraction of sp³-hybridized carbons (Fsp3) is 0. The molecule has 4 nitrogen and oxygen atoms in total. The molecule has 0 bridgehead atoms. The summed E-state index contributed by atoms with van der Waals surface area (Å²) in [6.07, 6.45) is 0. The molecule has 0 aliphatic carbocycles. The van der Waals surface area contributed by atoms with E-state index in [0.717, 1.165) is 10.9 Å². The van der Waals surface area contributed by atoms with Crippen molar-refractivity contribution in [2.24, 2.45) is 10.9 Å². The van der Waals surface area contributed by atoms with E-state index in [0.29, 0.717) is 4.88 Å². The van der Waals surface area contributed by atoms with Gasteiger partial charge in [0.2, 0.25) is 0 Å². The highest BCUT2D eigenvalue weighted by Crippen LogP contribution is 2.21. The normalized spacial score (nSPS) is 12.2. The van der Waals surface area contributed by atoms with Gasteiger partial charge in [0.05, 0.1) is 5.52 Å². The molecule has 2 rings (SSSR count). The maximum atomic E-state index is 8.51. The largest absolute Gasteiger partial charge is 0.409 e. The number of benzene rings is 1. The fourth-order valence-electron chi connectivity index (χ4n) is 1.12. The average Bonchev–Trinajstić information content (AvgIpc) is 2.60. The first-order chi connectivity index (χ1) is 6.33. The number of oxime groups is 1. The molecule has 0 atom stereocenters. The molecule has 2 aromatic rings. The Morgan fingerprint density at radius 1 is 1.46 bits per heavy atom. The zero-order chi connectivity index (χ0) is 9.26. The van der Waals surface area contributed by atoms with E-state index in [1.807, 2.05) is 24.3 Å². The molecular weight excluding hydrogens is 186 g/mol. The van der Waals surface area contributed by atoms with Crippen LogP contribution in [-0.2, 0) is 0 Å². The standard InChI is InChI=1S/C8H7N3OS/c9-8(10-12)7-5-3-1-2-4-6(5)11-13-7/h1-4,12H,(H2,9,10). The van der Waals surface area contributed by atoms with E-state index < -0.39 is 0 Å². The SMILES string of the molecule is N/C(=N/O)c1snc2ccccc12. The van der Waals surface area contributed by atoms with Crippen LogP contribution in [0.5, 0.6) is 0 Å². The number of nitrogens with zero attached hydrogens (tertiary/aromatic N) is 2. The Morgan fingerprint density at radius 3 is 3.00 bits per heavy atom. The molecule has 0 radical (unpaired) electrons. The first-order valence-electron chi connectivity index (χ1n) is 3.65. The van der Waals surface area contributed by atoms with Crippen LogP contribution in [0, 0.1) is 0 Å². The molecule has 0 saturated heterocycles. The van der Waals surface area contributed by atoms with E-state index in [4.69, 9.17) is 10.9 Å². The summed E-state index contributed by atoms with van der Waals surface area (Å²) in [5.74, 6) is 0.110. The van der Waals surface area contributed by atoms with Crippen molar-refractivity contribution in [3.63, 3.8) is 0 Å². The van der Waals surface area contributed by atoms with Crippen molar-refractivity contribution in [1.82, 2.24) is 4.37 Å². The number of aromatic nitrogens is 1. The van der Waals surface area contributed by atoms with Gasteiger partial charge >= 0.3 is 0 Å². The van der Waals surface area contributed by atoms with E-state index >= 15 is 0 Å². The summed E-state index contributed by atoms with van der Waals surface area (Å²) in [4.78, 5) is 0.707. The van der Waals surface area contributed by atoms with Crippen molar-refractivity contribution >= 4 is 28.3 Å². The predicted octanol–water partition coefficient (Wildman–Crippen LogP) is 1.39. The van der Waals surface area contributed by atoms with E-state index in [-0.39, 0.29) is 5.84 Å². The minimum absolute atomic E-state index is 0.110. The molecule has 0 amide bonds. The molecule has 1 aromatic carbocycles. The first kappa shape index (κ1) is 8.00. The Morgan fingerprint density at radius 2 is 2.23 bits per heavy atom. The maximum absolute atomic E-state index is 8.51. The highest BCUT2D eigenvalue weighted by Gasteiger charge is 2.08. The third-order valence-electron chi connectivity index (χ3n) is 1.72. The van der Waals surface area contributed by atoms with Gasteiger partial charge < -0.3 is 10.9 Å². The van der Waals surface area contributed by atoms with Gasteiger partial charge in [-0.05, 0) is 17.6 Å². The Kier molecular flexibility index (Phi) is 1.86. The van der Waals surface area contributed by atoms with Gasteiger partial charge in [0.15, 0.2) is 5.84 Å². The number of nitrogens with two attached hydrogens (primary N) is 1. The second-order valence-corrected chi connectivity index (χ2v) is 3.29. The van der Waals surface area contributed by atoms with Crippen LogP contribution in [-0.4, -0.2) is 15.4 Å². The van der Waals surface area contributed by atoms with Crippen LogP contribution in [0.2, 0.25) is 0 Å². The van der Waals surface area contributed by atoms with E-state index in [1.54, 1.807) is 0 Å². The lowest BCUT2D eigenvalue weighted by atomic mass is 10.2. The van der Waals surface area contributed by atoms with Crippen molar-refractivity contribution < 1.29 is 5.21 Å². The topological polar surface area (TPSA) is 71.5 Å². The Labute approximate surface area is 78.5 Å². The molecule has 0 spiro atoms. The lowest BCUT2D eigenvalue weighted by molar-refractivity contribution is 0.319. The van der Waals surface area contributed by atoms with E-state index in [2.05, 4.69) is 9.53 Å². The first-order valence-corrected chi connectivity index (χ1v) is 4.42. The highest BCUT2D eigenvalue weighted by molar-refractivity contribution is 7.09. The third-order valence-corrected chi connectivity index (χ3v) is 2.62. The second kappa shape index (κ2) is 3.02. The molecule has 66 valence electrons. The minimum atomic E-state index is 0.110. The number of rotatable bonds is 1. The molecule has 0 fully saturated rings. The van der Waals surface area contributed by atoms with Crippen LogP contribution < -0.4 is 5.73 Å². The fourth-order valence-corrected chi connectivity index (χ4v) is 1.87. The number of hydrogen-bond acceptors (Lipinski definition) is 4. The maximum Gasteiger partial charge on any atom is 0.182 e. The van der Waals surface area contributed by atoms with Crippen molar-refractivity contribution in [3.05, 3.63) is 29.1 Å². The molecule has 5 heteroatoms. The number of fused-ring (bicyclic) bond motifs is 1. The third kappa shape index (κ3) is 1.23. The van der Waals surface area contributed by atoms with E-state index in [1.165, 1.54) is 11.5 Å². The zero-order valence-corrected chi connectivity index (χ0v) is 7.45. The average molecular weight is 193 g/mol. The van der Waals surface area contributed by atoms with Crippen molar-refractivity contribution in [3.8, 4) is 0 Å². The van der Waals surface area contributed by atoms with Crippen LogP contribution in [0.25, 0.3) is 10.9 Å². The summed E-state index contributed by atoms with van der Waals surface area (Å²) in [6.45, 7) is 0. The van der Waals surface area contributed by atoms with Crippen LogP contribution in [0.1, 0.15) is 4.88 Å². The highest BCUT2D eigenvalue weighted by atomic mass is 32.1. The smallest absolute Gasteiger partial charge is 0.182 e. The van der Waals surface area contributed by atoms with Gasteiger partial charge in [0.1, 0.15) is 4.88 Å². The van der Waals surface area contributed by atoms with Crippen LogP contribution >= 0.6 is 11.5 Å². The van der Waals surface area contributed by atoms with Gasteiger partial charge in [0.25, 0.3) is 0 Å². The Hall–Kier alpha value is -1.62. The summed E-state index contributed by atoms with van der Waals surface area (Å²) in [5, 5.41) is 12.4. The Bertz CT molecular complexity index is 463. The van der Waals surface area contributed by atoms with Gasteiger partial charge in [-0.3, -0.25) is 0 Å². The summed E-state index contributed by atoms with van der Waals surface area (Å²) in [5.41, 5.74) is 6.34. The van der Waals surface area contributed by atoms with Crippen molar-refractivity contribution in [2.75, 3.05) is 0 Å². The summed E-state index contributed by atoms with van der Waals surface area (Å²) in [7, 11) is 0. The molecule has 0 aliphatic heterocycles. The molecule has 0 unspecified atom stereocenters. The lowest BCUT2D eigenvalue weighted by Crippen LogP contribution is -2.11. The second-order valence-electron chi connectivity index (χ2n) is 2.51. The van der Waals surface area contributed by atoms with E-state index in [9.17, 15) is 0 Å². The molecule has 0 saturated carbocycles. The number of amidine groups is 1. The molecular formula is C8H7N3OS. The van der Waals surface area contributed by atoms with Crippen molar-refractivity contribution in [1.29, 1.82) is 0 Å². The molecule has 0 aliphatic rings. The van der Waals surface area contributed by atoms with Crippen molar-refractivity contribution in [2.45, 2.75) is 0 Å². The molecule has 1 aromatic heterocycles. The van der Waals surface area contributed by atoms with Gasteiger partial charge in [-0.2, -0.15) is 4.37 Å². The summed E-state index contributed by atoms with van der Waals surface area (Å²) >= 11 is 1.23.